The van der Waals surface area contributed by atoms with Gasteiger partial charge in [-0.2, -0.15) is 0 Å². The molecule has 0 radical (unpaired) electrons. The van der Waals surface area contributed by atoms with Gasteiger partial charge in [-0.1, -0.05) is 12.1 Å². The highest BCUT2D eigenvalue weighted by molar-refractivity contribution is 5.61. The van der Waals surface area contributed by atoms with E-state index in [0.717, 1.165) is 36.1 Å². The van der Waals surface area contributed by atoms with Crippen molar-refractivity contribution in [2.45, 2.75) is 19.3 Å². The molecule has 0 bridgehead atoms. The highest BCUT2D eigenvalue weighted by Crippen LogP contribution is 2.29. The Bertz CT molecular complexity index is 598. The van der Waals surface area contributed by atoms with E-state index in [-0.39, 0.29) is 5.75 Å². The summed E-state index contributed by atoms with van der Waals surface area (Å²) >= 11 is 0. The fraction of sp³-hybridized carbons (Fsp3) is 0.231. The van der Waals surface area contributed by atoms with Gasteiger partial charge in [0, 0.05) is 16.8 Å². The first kappa shape index (κ1) is 11.0. The van der Waals surface area contributed by atoms with Crippen LogP contribution in [-0.4, -0.2) is 15.1 Å². The Morgan fingerprint density at radius 1 is 1.22 bits per heavy atom. The van der Waals surface area contributed by atoms with Crippen LogP contribution in [0.15, 0.2) is 24.3 Å². The monoisotopic (exact) mass is 242 g/mol. The molecule has 3 rings (SSSR count). The number of aromatic nitrogens is 2. The highest BCUT2D eigenvalue weighted by Gasteiger charge is 2.19. The quantitative estimate of drug-likeness (QED) is 0.550. The van der Waals surface area contributed by atoms with Crippen molar-refractivity contribution >= 4 is 5.82 Å². The lowest BCUT2D eigenvalue weighted by Gasteiger charge is -2.09. The molecule has 0 amide bonds. The molecule has 1 aliphatic carbocycles. The molecule has 0 fully saturated rings. The van der Waals surface area contributed by atoms with E-state index in [9.17, 15) is 5.11 Å². The Kier molecular flexibility index (Phi) is 2.60. The molecular formula is C13H14N4O. The van der Waals surface area contributed by atoms with Gasteiger partial charge in [0.15, 0.2) is 5.82 Å². The number of phenols is 1. The zero-order chi connectivity index (χ0) is 12.5. The number of hydrazine groups is 1. The van der Waals surface area contributed by atoms with Gasteiger partial charge in [0.25, 0.3) is 0 Å². The molecule has 0 saturated heterocycles. The number of benzene rings is 1. The lowest BCUT2D eigenvalue weighted by Crippen LogP contribution is -2.12. The standard InChI is InChI=1S/C13H14N4O/c14-17-13-10-5-2-6-11(10)15-12(16-13)8-3-1-4-9(18)7-8/h1,3-4,7,18H,2,5-6,14H2,(H,15,16,17). The van der Waals surface area contributed by atoms with Crippen molar-refractivity contribution in [2.24, 2.45) is 5.84 Å². The number of anilines is 1. The van der Waals surface area contributed by atoms with Gasteiger partial charge >= 0.3 is 0 Å². The van der Waals surface area contributed by atoms with Crippen molar-refractivity contribution in [1.29, 1.82) is 0 Å². The zero-order valence-corrected chi connectivity index (χ0v) is 9.85. The largest absolute Gasteiger partial charge is 0.508 e. The van der Waals surface area contributed by atoms with Crippen molar-refractivity contribution in [3.63, 3.8) is 0 Å². The molecule has 5 heteroatoms. The van der Waals surface area contributed by atoms with E-state index < -0.39 is 0 Å². The SMILES string of the molecule is NNc1nc(-c2cccc(O)c2)nc2c1CCC2. The molecule has 1 aliphatic rings. The minimum atomic E-state index is 0.207. The van der Waals surface area contributed by atoms with Gasteiger partial charge in [-0.05, 0) is 31.4 Å². The first-order chi connectivity index (χ1) is 8.78. The molecule has 92 valence electrons. The Balaban J connectivity index is 2.13. The number of rotatable bonds is 2. The molecule has 1 aromatic heterocycles. The van der Waals surface area contributed by atoms with Crippen molar-refractivity contribution < 1.29 is 5.11 Å². The van der Waals surface area contributed by atoms with Crippen LogP contribution in [0, 0.1) is 0 Å². The fourth-order valence-corrected chi connectivity index (χ4v) is 2.33. The summed E-state index contributed by atoms with van der Waals surface area (Å²) in [6, 6.07) is 6.92. The lowest BCUT2D eigenvalue weighted by atomic mass is 10.2. The molecule has 0 unspecified atom stereocenters. The van der Waals surface area contributed by atoms with Crippen LogP contribution < -0.4 is 11.3 Å². The molecule has 0 spiro atoms. The number of hydrogen-bond donors (Lipinski definition) is 3. The Morgan fingerprint density at radius 2 is 2.11 bits per heavy atom. The second-order valence-electron chi connectivity index (χ2n) is 4.37. The first-order valence-electron chi connectivity index (χ1n) is 5.94. The molecule has 4 N–H and O–H groups in total. The molecule has 18 heavy (non-hydrogen) atoms. The fourth-order valence-electron chi connectivity index (χ4n) is 2.33. The summed E-state index contributed by atoms with van der Waals surface area (Å²) < 4.78 is 0. The van der Waals surface area contributed by atoms with Crippen molar-refractivity contribution in [2.75, 3.05) is 5.43 Å². The number of aryl methyl sites for hydroxylation is 1. The number of nitrogens with zero attached hydrogens (tertiary/aromatic N) is 2. The van der Waals surface area contributed by atoms with E-state index in [2.05, 4.69) is 15.4 Å². The number of nitrogens with two attached hydrogens (primary N) is 1. The number of aromatic hydroxyl groups is 1. The molecule has 0 saturated carbocycles. The highest BCUT2D eigenvalue weighted by atomic mass is 16.3. The molecule has 1 heterocycles. The molecule has 0 atom stereocenters. The van der Waals surface area contributed by atoms with Crippen LogP contribution in [-0.2, 0) is 12.8 Å². The van der Waals surface area contributed by atoms with Crippen LogP contribution in [0.1, 0.15) is 17.7 Å². The average Bonchev–Trinajstić information content (AvgIpc) is 2.85. The second kappa shape index (κ2) is 4.27. The van der Waals surface area contributed by atoms with E-state index in [1.807, 2.05) is 6.07 Å². The molecule has 2 aromatic rings. The Hall–Kier alpha value is -2.14. The van der Waals surface area contributed by atoms with E-state index in [0.29, 0.717) is 11.6 Å². The predicted octanol–water partition coefficient (Wildman–Crippen LogP) is 1.62. The number of nitrogen functional groups attached to an aromatic ring is 1. The van der Waals surface area contributed by atoms with Crippen molar-refractivity contribution in [1.82, 2.24) is 9.97 Å². The van der Waals surface area contributed by atoms with Crippen LogP contribution in [0.4, 0.5) is 5.82 Å². The van der Waals surface area contributed by atoms with Crippen LogP contribution in [0.25, 0.3) is 11.4 Å². The summed E-state index contributed by atoms with van der Waals surface area (Å²) in [5, 5.41) is 9.50. The van der Waals surface area contributed by atoms with Gasteiger partial charge in [-0.3, -0.25) is 0 Å². The predicted molar refractivity (Wildman–Crippen MR) is 69.0 cm³/mol. The van der Waals surface area contributed by atoms with Crippen LogP contribution in [0.5, 0.6) is 5.75 Å². The molecule has 1 aromatic carbocycles. The third-order valence-corrected chi connectivity index (χ3v) is 3.17. The van der Waals surface area contributed by atoms with Gasteiger partial charge in [0.2, 0.25) is 0 Å². The summed E-state index contributed by atoms with van der Waals surface area (Å²) in [6.07, 6.45) is 3.01. The summed E-state index contributed by atoms with van der Waals surface area (Å²) in [6.45, 7) is 0. The summed E-state index contributed by atoms with van der Waals surface area (Å²) in [5.74, 6) is 7.00. The van der Waals surface area contributed by atoms with Crippen LogP contribution in [0.2, 0.25) is 0 Å². The van der Waals surface area contributed by atoms with E-state index in [1.165, 1.54) is 0 Å². The third kappa shape index (κ3) is 1.78. The van der Waals surface area contributed by atoms with Gasteiger partial charge in [-0.25, -0.2) is 15.8 Å². The van der Waals surface area contributed by atoms with Gasteiger partial charge < -0.3 is 10.5 Å². The lowest BCUT2D eigenvalue weighted by molar-refractivity contribution is 0.475. The number of phenolic OH excluding ortho intramolecular Hbond substituents is 1. The maximum Gasteiger partial charge on any atom is 0.161 e. The van der Waals surface area contributed by atoms with Crippen molar-refractivity contribution in [3.8, 4) is 17.1 Å². The summed E-state index contributed by atoms with van der Waals surface area (Å²) in [7, 11) is 0. The zero-order valence-electron chi connectivity index (χ0n) is 9.85. The van der Waals surface area contributed by atoms with E-state index >= 15 is 0 Å². The molecule has 5 nitrogen and oxygen atoms in total. The number of fused-ring (bicyclic) bond motifs is 1. The third-order valence-electron chi connectivity index (χ3n) is 3.17. The maximum atomic E-state index is 9.50. The summed E-state index contributed by atoms with van der Waals surface area (Å²) in [4.78, 5) is 8.97. The van der Waals surface area contributed by atoms with Gasteiger partial charge in [0.05, 0.1) is 0 Å². The Labute approximate surface area is 105 Å². The topological polar surface area (TPSA) is 84.1 Å². The van der Waals surface area contributed by atoms with E-state index in [1.54, 1.807) is 18.2 Å². The first-order valence-corrected chi connectivity index (χ1v) is 5.94. The Morgan fingerprint density at radius 3 is 2.89 bits per heavy atom. The number of hydrogen-bond acceptors (Lipinski definition) is 5. The van der Waals surface area contributed by atoms with Crippen LogP contribution >= 0.6 is 0 Å². The average molecular weight is 242 g/mol. The minimum absolute atomic E-state index is 0.207. The van der Waals surface area contributed by atoms with E-state index in [4.69, 9.17) is 5.84 Å². The smallest absolute Gasteiger partial charge is 0.161 e. The van der Waals surface area contributed by atoms with Crippen molar-refractivity contribution in [3.05, 3.63) is 35.5 Å². The van der Waals surface area contributed by atoms with Gasteiger partial charge in [-0.15, -0.1) is 0 Å². The van der Waals surface area contributed by atoms with Gasteiger partial charge in [0.1, 0.15) is 11.6 Å². The second-order valence-corrected chi connectivity index (χ2v) is 4.37. The maximum absolute atomic E-state index is 9.50. The van der Waals surface area contributed by atoms with Crippen LogP contribution in [0.3, 0.4) is 0 Å². The summed E-state index contributed by atoms with van der Waals surface area (Å²) in [5.41, 5.74) is 5.60. The minimum Gasteiger partial charge on any atom is -0.508 e. The number of nitrogens with one attached hydrogen (secondary N) is 1. The molecular weight excluding hydrogens is 228 g/mol. The normalized spacial score (nSPS) is 13.4. The molecule has 0 aliphatic heterocycles.